The number of alkyl halides is 14. The largest absolute Gasteiger partial charge is 0.460 e. The Morgan fingerprint density at radius 2 is 0.870 bits per heavy atom. The number of halogens is 15. The van der Waals surface area contributed by atoms with Crippen LogP contribution >= 0.6 is 11.6 Å². The van der Waals surface area contributed by atoms with Gasteiger partial charge in [0.25, 0.3) is 0 Å². The van der Waals surface area contributed by atoms with Crippen molar-refractivity contribution < 1.29 is 61.5 Å². The lowest BCUT2D eigenvalue weighted by molar-refractivity contribution is -0.347. The van der Waals surface area contributed by atoms with E-state index in [4.69, 9.17) is 0 Å². The van der Waals surface area contributed by atoms with Gasteiger partial charge in [0, 0.05) is 6.08 Å². The van der Waals surface area contributed by atoms with E-state index in [0.717, 1.165) is 0 Å². The fraction of sp³-hybridized carbons (Fsp3) is 0.750. The summed E-state index contributed by atoms with van der Waals surface area (Å²) in [7, 11) is 0. The van der Waals surface area contributed by atoms with Crippen LogP contribution in [0.5, 0.6) is 0 Å². The highest BCUT2D eigenvalue weighted by molar-refractivity contribution is 6.30. The Bertz CT molecular complexity index is 466. The Balaban J connectivity index is 6.03. The zero-order valence-corrected chi connectivity index (χ0v) is 10.5. The molecular formula is C8HClF14. The van der Waals surface area contributed by atoms with Crippen LogP contribution in [0.3, 0.4) is 0 Å². The Kier molecular flexibility index (Phi) is 5.32. The van der Waals surface area contributed by atoms with Gasteiger partial charge in [-0.05, 0) is 0 Å². The SMILES string of the molecule is FC(F)(F)C(F)(F)C(F)(F)/C=C(\Cl)C(F)(F)C(F)(F)C(F)(F)F. The first-order valence-electron chi connectivity index (χ1n) is 4.66. The van der Waals surface area contributed by atoms with E-state index in [1.54, 1.807) is 0 Å². The summed E-state index contributed by atoms with van der Waals surface area (Å²) < 4.78 is 171. The predicted molar refractivity (Wildman–Crippen MR) is 45.8 cm³/mol. The standard InChI is InChI=1S/C8HClF14/c9-2(4(12,13)6(16,17)8(21,22)23)1-3(10,11)5(14,15)7(18,19)20/h1H/b2-1-. The van der Waals surface area contributed by atoms with Gasteiger partial charge < -0.3 is 0 Å². The Hall–Kier alpha value is -0.950. The molecule has 15 heteroatoms. The maximum absolute atomic E-state index is 12.8. The number of hydrogen-bond donors (Lipinski definition) is 0. The lowest BCUT2D eigenvalue weighted by Gasteiger charge is -2.30. The lowest BCUT2D eigenvalue weighted by Crippen LogP contribution is -2.54. The third-order valence-corrected chi connectivity index (χ3v) is 2.48. The van der Waals surface area contributed by atoms with Crippen molar-refractivity contribution in [2.75, 3.05) is 0 Å². The Labute approximate surface area is 121 Å². The number of hydrogen-bond acceptors (Lipinski definition) is 0. The number of rotatable bonds is 4. The van der Waals surface area contributed by atoms with Crippen molar-refractivity contribution in [3.63, 3.8) is 0 Å². The van der Waals surface area contributed by atoms with E-state index in [0.29, 0.717) is 0 Å². The Morgan fingerprint density at radius 1 is 0.565 bits per heavy atom. The van der Waals surface area contributed by atoms with E-state index < -0.39 is 47.2 Å². The summed E-state index contributed by atoms with van der Waals surface area (Å²) in [6.45, 7) is 0. The minimum atomic E-state index is -7.11. The minimum absolute atomic E-state index is 2.21. The van der Waals surface area contributed by atoms with E-state index >= 15 is 0 Å². The molecule has 0 amide bonds. The first-order valence-corrected chi connectivity index (χ1v) is 5.04. The quantitative estimate of drug-likeness (QED) is 0.527. The average molecular weight is 399 g/mol. The zero-order chi connectivity index (χ0) is 19.3. The molecule has 0 spiro atoms. The minimum Gasteiger partial charge on any atom is -0.195 e. The fourth-order valence-electron chi connectivity index (χ4n) is 0.857. The van der Waals surface area contributed by atoms with E-state index in [1.807, 2.05) is 0 Å². The van der Waals surface area contributed by atoms with Gasteiger partial charge >= 0.3 is 36.0 Å². The van der Waals surface area contributed by atoms with Gasteiger partial charge in [0.1, 0.15) is 0 Å². The molecule has 0 aromatic rings. The van der Waals surface area contributed by atoms with Crippen LogP contribution in [0, 0.1) is 0 Å². The summed E-state index contributed by atoms with van der Waals surface area (Å²) in [6, 6.07) is 0. The molecule has 0 saturated heterocycles. The molecule has 0 aromatic carbocycles. The third-order valence-electron chi connectivity index (χ3n) is 2.13. The molecule has 0 aliphatic rings. The molecule has 23 heavy (non-hydrogen) atoms. The molecule has 0 nitrogen and oxygen atoms in total. The van der Waals surface area contributed by atoms with Crippen LogP contribution in [0.25, 0.3) is 0 Å². The van der Waals surface area contributed by atoms with Crippen LogP contribution in [0.15, 0.2) is 11.1 Å². The normalized spacial score (nSPS) is 16.7. The first-order chi connectivity index (χ1) is 9.63. The van der Waals surface area contributed by atoms with Crippen molar-refractivity contribution in [3.05, 3.63) is 11.1 Å². The van der Waals surface area contributed by atoms with Crippen LogP contribution in [0.2, 0.25) is 0 Å². The van der Waals surface area contributed by atoms with Crippen molar-refractivity contribution >= 4 is 11.6 Å². The number of allylic oxidation sites excluding steroid dienone is 2. The second kappa shape index (κ2) is 5.55. The highest BCUT2D eigenvalue weighted by Crippen LogP contribution is 2.53. The van der Waals surface area contributed by atoms with Crippen LogP contribution in [0.1, 0.15) is 0 Å². The molecule has 0 unspecified atom stereocenters. The van der Waals surface area contributed by atoms with Crippen LogP contribution in [-0.2, 0) is 0 Å². The van der Waals surface area contributed by atoms with Crippen LogP contribution in [-0.4, -0.2) is 36.0 Å². The Morgan fingerprint density at radius 3 is 1.13 bits per heavy atom. The monoisotopic (exact) mass is 398 g/mol. The maximum atomic E-state index is 12.8. The molecule has 0 bridgehead atoms. The van der Waals surface area contributed by atoms with E-state index in [-0.39, 0.29) is 0 Å². The van der Waals surface area contributed by atoms with Crippen molar-refractivity contribution in [2.45, 2.75) is 36.0 Å². The van der Waals surface area contributed by atoms with Crippen LogP contribution < -0.4 is 0 Å². The molecule has 0 saturated carbocycles. The smallest absolute Gasteiger partial charge is 0.195 e. The van der Waals surface area contributed by atoms with Crippen molar-refractivity contribution in [1.29, 1.82) is 0 Å². The summed E-state index contributed by atoms with van der Waals surface area (Å²) in [6.07, 6.45) is -16.3. The van der Waals surface area contributed by atoms with Gasteiger partial charge in [0.2, 0.25) is 0 Å². The highest BCUT2D eigenvalue weighted by Gasteiger charge is 2.76. The molecule has 0 atom stereocenters. The summed E-state index contributed by atoms with van der Waals surface area (Å²) >= 11 is 4.05. The van der Waals surface area contributed by atoms with Gasteiger partial charge in [0.05, 0.1) is 5.03 Å². The molecule has 0 heterocycles. The molecular weight excluding hydrogens is 398 g/mol. The fourth-order valence-corrected chi connectivity index (χ4v) is 1.11. The second-order valence-corrected chi connectivity index (χ2v) is 4.24. The van der Waals surface area contributed by atoms with Crippen molar-refractivity contribution in [2.24, 2.45) is 0 Å². The molecule has 0 rings (SSSR count). The molecule has 0 N–H and O–H groups in total. The van der Waals surface area contributed by atoms with Gasteiger partial charge in [-0.2, -0.15) is 61.5 Å². The van der Waals surface area contributed by atoms with Crippen molar-refractivity contribution in [3.8, 4) is 0 Å². The second-order valence-electron chi connectivity index (χ2n) is 3.83. The van der Waals surface area contributed by atoms with E-state index in [2.05, 4.69) is 11.6 Å². The summed E-state index contributed by atoms with van der Waals surface area (Å²) in [5, 5.41) is -3.55. The van der Waals surface area contributed by atoms with Gasteiger partial charge in [-0.1, -0.05) is 11.6 Å². The summed E-state index contributed by atoms with van der Waals surface area (Å²) in [4.78, 5) is 0. The average Bonchev–Trinajstić information content (AvgIpc) is 2.24. The molecule has 0 aliphatic heterocycles. The van der Waals surface area contributed by atoms with Crippen LogP contribution in [0.4, 0.5) is 61.5 Å². The molecule has 0 aromatic heterocycles. The topological polar surface area (TPSA) is 0 Å². The maximum Gasteiger partial charge on any atom is 0.460 e. The highest BCUT2D eigenvalue weighted by atomic mass is 35.5. The van der Waals surface area contributed by atoms with E-state index in [1.165, 1.54) is 0 Å². The van der Waals surface area contributed by atoms with Gasteiger partial charge in [-0.25, -0.2) is 0 Å². The van der Waals surface area contributed by atoms with Gasteiger partial charge in [-0.3, -0.25) is 0 Å². The predicted octanol–water partition coefficient (Wildman–Crippen LogP) is 5.77. The molecule has 138 valence electrons. The summed E-state index contributed by atoms with van der Waals surface area (Å²) in [5.41, 5.74) is 0. The van der Waals surface area contributed by atoms with Crippen molar-refractivity contribution in [1.82, 2.24) is 0 Å². The first kappa shape index (κ1) is 22.1. The van der Waals surface area contributed by atoms with Gasteiger partial charge in [-0.15, -0.1) is 0 Å². The lowest BCUT2D eigenvalue weighted by atomic mass is 10.1. The van der Waals surface area contributed by atoms with E-state index in [9.17, 15) is 61.5 Å². The third kappa shape index (κ3) is 3.60. The molecule has 0 aliphatic carbocycles. The molecule has 0 radical (unpaired) electrons. The summed E-state index contributed by atoms with van der Waals surface area (Å²) in [5.74, 6) is -27.5. The zero-order valence-electron chi connectivity index (χ0n) is 9.75. The van der Waals surface area contributed by atoms with Gasteiger partial charge in [0.15, 0.2) is 0 Å². The molecule has 0 fully saturated rings.